The van der Waals surface area contributed by atoms with E-state index in [4.69, 9.17) is 0 Å². The van der Waals surface area contributed by atoms with Gasteiger partial charge in [-0.05, 0) is 24.1 Å². The molecule has 0 saturated carbocycles. The molecule has 0 fully saturated rings. The first-order valence-electron chi connectivity index (χ1n) is 8.66. The Morgan fingerprint density at radius 3 is 2.46 bits per heavy atom. The van der Waals surface area contributed by atoms with Gasteiger partial charge in [0, 0.05) is 11.3 Å². The van der Waals surface area contributed by atoms with Crippen molar-refractivity contribution in [3.8, 4) is 0 Å². The fourth-order valence-corrected chi connectivity index (χ4v) is 4.27. The van der Waals surface area contributed by atoms with Crippen LogP contribution in [0.3, 0.4) is 0 Å². The number of nitrogens with zero attached hydrogens (tertiary/aromatic N) is 2. The summed E-state index contributed by atoms with van der Waals surface area (Å²) < 4.78 is 0. The number of carbonyl (C=O) groups is 1. The van der Waals surface area contributed by atoms with E-state index in [0.29, 0.717) is 5.13 Å². The summed E-state index contributed by atoms with van der Waals surface area (Å²) in [5, 5.41) is 12.4. The van der Waals surface area contributed by atoms with Gasteiger partial charge in [0.2, 0.25) is 11.0 Å². The van der Waals surface area contributed by atoms with Gasteiger partial charge in [-0.2, -0.15) is 0 Å². The molecule has 3 aromatic rings. The van der Waals surface area contributed by atoms with Gasteiger partial charge >= 0.3 is 0 Å². The highest BCUT2D eigenvalue weighted by Crippen LogP contribution is 2.36. The van der Waals surface area contributed by atoms with E-state index in [1.165, 1.54) is 23.1 Å². The van der Waals surface area contributed by atoms with Gasteiger partial charge in [0.25, 0.3) is 0 Å². The minimum absolute atomic E-state index is 0.0803. The third kappa shape index (κ3) is 5.16. The summed E-state index contributed by atoms with van der Waals surface area (Å²) in [6.45, 7) is 2.15. The zero-order valence-corrected chi connectivity index (χ0v) is 16.2. The number of aromatic nitrogens is 2. The lowest BCUT2D eigenvalue weighted by Gasteiger charge is -2.16. The Morgan fingerprint density at radius 1 is 1.08 bits per heavy atom. The smallest absolute Gasteiger partial charge is 0.244 e. The van der Waals surface area contributed by atoms with Crippen molar-refractivity contribution in [3.05, 3.63) is 71.2 Å². The summed E-state index contributed by atoms with van der Waals surface area (Å²) >= 11 is 2.99. The van der Waals surface area contributed by atoms with Crippen LogP contribution in [0.2, 0.25) is 0 Å². The molecule has 26 heavy (non-hydrogen) atoms. The van der Waals surface area contributed by atoms with E-state index in [-0.39, 0.29) is 11.2 Å². The van der Waals surface area contributed by atoms with E-state index in [0.717, 1.165) is 34.7 Å². The zero-order valence-electron chi connectivity index (χ0n) is 14.6. The maximum atomic E-state index is 12.9. The summed E-state index contributed by atoms with van der Waals surface area (Å²) in [5.74, 6) is -0.0803. The van der Waals surface area contributed by atoms with Crippen LogP contribution in [0.25, 0.3) is 0 Å². The van der Waals surface area contributed by atoms with Crippen LogP contribution in [0, 0.1) is 0 Å². The summed E-state index contributed by atoms with van der Waals surface area (Å²) in [7, 11) is 0. The van der Waals surface area contributed by atoms with Crippen LogP contribution in [0.5, 0.6) is 0 Å². The number of carbonyl (C=O) groups excluding carboxylic acids is 1. The van der Waals surface area contributed by atoms with Crippen molar-refractivity contribution in [2.45, 2.75) is 36.3 Å². The first-order valence-corrected chi connectivity index (χ1v) is 10.4. The molecule has 0 radical (unpaired) electrons. The molecule has 0 spiro atoms. The number of aryl methyl sites for hydroxylation is 1. The molecule has 0 aliphatic carbocycles. The molecular formula is C20H21N3OS2. The van der Waals surface area contributed by atoms with Crippen molar-refractivity contribution in [1.29, 1.82) is 0 Å². The topological polar surface area (TPSA) is 54.9 Å². The SMILES string of the molecule is CCCCc1nnc(NC(=O)[C@H](Sc2ccccc2)c2ccccc2)s1. The summed E-state index contributed by atoms with van der Waals surface area (Å²) in [6, 6.07) is 19.8. The monoisotopic (exact) mass is 383 g/mol. The van der Waals surface area contributed by atoms with Gasteiger partial charge in [-0.15, -0.1) is 22.0 Å². The molecule has 2 aromatic carbocycles. The third-order valence-corrected chi connectivity index (χ3v) is 5.94. The molecule has 1 atom stereocenters. The summed E-state index contributed by atoms with van der Waals surface area (Å²) in [4.78, 5) is 14.0. The number of unbranched alkanes of at least 4 members (excludes halogenated alkanes) is 1. The standard InChI is InChI=1S/C20H21N3OS2/c1-2-3-14-17-22-23-20(26-17)21-19(24)18(15-10-6-4-7-11-15)25-16-12-8-5-9-13-16/h4-13,18H,2-3,14H2,1H3,(H,21,23,24)/t18-/m1/s1. The van der Waals surface area contributed by atoms with Crippen molar-refractivity contribution in [2.24, 2.45) is 0 Å². The Kier molecular flexibility index (Phi) is 6.80. The second kappa shape index (κ2) is 9.50. The number of anilines is 1. The van der Waals surface area contributed by atoms with E-state index in [1.54, 1.807) is 0 Å². The first-order chi connectivity index (χ1) is 12.8. The maximum absolute atomic E-state index is 12.9. The van der Waals surface area contributed by atoms with Crippen molar-refractivity contribution in [2.75, 3.05) is 5.32 Å². The van der Waals surface area contributed by atoms with Crippen LogP contribution < -0.4 is 5.32 Å². The molecule has 0 unspecified atom stereocenters. The van der Waals surface area contributed by atoms with E-state index in [2.05, 4.69) is 22.4 Å². The molecule has 6 heteroatoms. The Balaban J connectivity index is 1.75. The lowest BCUT2D eigenvalue weighted by atomic mass is 10.1. The number of rotatable bonds is 8. The highest BCUT2D eigenvalue weighted by molar-refractivity contribution is 8.00. The Morgan fingerprint density at radius 2 is 1.77 bits per heavy atom. The Bertz CT molecular complexity index is 821. The predicted octanol–water partition coefficient (Wildman–Crippen LogP) is 5.35. The molecule has 1 heterocycles. The summed E-state index contributed by atoms with van der Waals surface area (Å²) in [6.07, 6.45) is 3.11. The highest BCUT2D eigenvalue weighted by Gasteiger charge is 2.23. The quantitative estimate of drug-likeness (QED) is 0.533. The highest BCUT2D eigenvalue weighted by atomic mass is 32.2. The molecule has 134 valence electrons. The van der Waals surface area contributed by atoms with Crippen molar-refractivity contribution < 1.29 is 4.79 Å². The molecule has 0 aliphatic heterocycles. The van der Waals surface area contributed by atoms with E-state index >= 15 is 0 Å². The number of amides is 1. The van der Waals surface area contributed by atoms with Crippen LogP contribution in [0.4, 0.5) is 5.13 Å². The molecule has 1 amide bonds. The second-order valence-electron chi connectivity index (χ2n) is 5.82. The fourth-order valence-electron chi connectivity index (χ4n) is 2.44. The van der Waals surface area contributed by atoms with Crippen molar-refractivity contribution in [1.82, 2.24) is 10.2 Å². The molecule has 1 N–H and O–H groups in total. The van der Waals surface area contributed by atoms with E-state index < -0.39 is 0 Å². The van der Waals surface area contributed by atoms with Crippen LogP contribution in [0.15, 0.2) is 65.6 Å². The molecule has 0 aliphatic rings. The number of benzene rings is 2. The van der Waals surface area contributed by atoms with Crippen LogP contribution in [-0.2, 0) is 11.2 Å². The van der Waals surface area contributed by atoms with Crippen LogP contribution in [0.1, 0.15) is 35.6 Å². The average molecular weight is 384 g/mol. The van der Waals surface area contributed by atoms with Gasteiger partial charge in [-0.1, -0.05) is 73.2 Å². The lowest BCUT2D eigenvalue weighted by Crippen LogP contribution is -2.18. The van der Waals surface area contributed by atoms with Crippen LogP contribution in [-0.4, -0.2) is 16.1 Å². The van der Waals surface area contributed by atoms with Crippen molar-refractivity contribution in [3.63, 3.8) is 0 Å². The normalized spacial score (nSPS) is 11.9. The van der Waals surface area contributed by atoms with Gasteiger partial charge in [0.05, 0.1) is 0 Å². The van der Waals surface area contributed by atoms with E-state index in [9.17, 15) is 4.79 Å². The van der Waals surface area contributed by atoms with Crippen molar-refractivity contribution >= 4 is 34.1 Å². The molecule has 1 aromatic heterocycles. The minimum atomic E-state index is -0.346. The lowest BCUT2D eigenvalue weighted by molar-refractivity contribution is -0.115. The molecule has 0 bridgehead atoms. The first kappa shape index (κ1) is 18.6. The Hall–Kier alpha value is -2.18. The summed E-state index contributed by atoms with van der Waals surface area (Å²) in [5.41, 5.74) is 0.967. The van der Waals surface area contributed by atoms with Gasteiger partial charge in [-0.25, -0.2) is 0 Å². The maximum Gasteiger partial charge on any atom is 0.244 e. The van der Waals surface area contributed by atoms with Gasteiger partial charge < -0.3 is 0 Å². The van der Waals surface area contributed by atoms with Gasteiger partial charge in [-0.3, -0.25) is 10.1 Å². The zero-order chi connectivity index (χ0) is 18.2. The number of hydrogen-bond acceptors (Lipinski definition) is 5. The second-order valence-corrected chi connectivity index (χ2v) is 8.06. The number of thioether (sulfide) groups is 1. The number of nitrogens with one attached hydrogen (secondary N) is 1. The molecule has 4 nitrogen and oxygen atoms in total. The number of hydrogen-bond donors (Lipinski definition) is 1. The molecular weight excluding hydrogens is 362 g/mol. The largest absolute Gasteiger partial charge is 0.299 e. The van der Waals surface area contributed by atoms with E-state index in [1.807, 2.05) is 60.7 Å². The minimum Gasteiger partial charge on any atom is -0.299 e. The van der Waals surface area contributed by atoms with Gasteiger partial charge in [0.15, 0.2) is 0 Å². The van der Waals surface area contributed by atoms with Gasteiger partial charge in [0.1, 0.15) is 10.3 Å². The predicted molar refractivity (Wildman–Crippen MR) is 109 cm³/mol. The Labute approximate surface area is 162 Å². The molecule has 3 rings (SSSR count). The molecule has 0 saturated heterocycles. The van der Waals surface area contributed by atoms with Crippen LogP contribution >= 0.6 is 23.1 Å². The average Bonchev–Trinajstić information content (AvgIpc) is 3.13. The third-order valence-electron chi connectivity index (χ3n) is 3.78. The fraction of sp³-hybridized carbons (Fsp3) is 0.250.